The lowest BCUT2D eigenvalue weighted by atomic mass is 9.80. The van der Waals surface area contributed by atoms with Crippen LogP contribution in [-0.4, -0.2) is 18.2 Å². The number of ether oxygens (including phenoxy) is 1. The van der Waals surface area contributed by atoms with E-state index in [1.807, 2.05) is 19.1 Å². The Morgan fingerprint density at radius 2 is 1.89 bits per heavy atom. The van der Waals surface area contributed by atoms with E-state index in [4.69, 9.17) is 4.74 Å². The van der Waals surface area contributed by atoms with Crippen molar-refractivity contribution in [1.29, 1.82) is 0 Å². The highest BCUT2D eigenvalue weighted by atomic mass is 16.5. The molecule has 3 heteroatoms. The van der Waals surface area contributed by atoms with Crippen LogP contribution >= 0.6 is 0 Å². The Morgan fingerprint density at radius 3 is 2.28 bits per heavy atom. The van der Waals surface area contributed by atoms with Crippen LogP contribution in [0.25, 0.3) is 0 Å². The molecule has 0 saturated carbocycles. The molecule has 1 N–H and O–H groups in total. The van der Waals surface area contributed by atoms with E-state index in [9.17, 15) is 9.90 Å². The lowest BCUT2D eigenvalue weighted by molar-refractivity contribution is -0.142. The highest BCUT2D eigenvalue weighted by molar-refractivity contribution is 5.81. The first kappa shape index (κ1) is 14.6. The van der Waals surface area contributed by atoms with Gasteiger partial charge in [-0.05, 0) is 49.4 Å². The summed E-state index contributed by atoms with van der Waals surface area (Å²) in [6.45, 7) is 9.53. The molecule has 18 heavy (non-hydrogen) atoms. The van der Waals surface area contributed by atoms with E-state index in [2.05, 4.69) is 13.8 Å². The third-order valence-electron chi connectivity index (χ3n) is 3.41. The van der Waals surface area contributed by atoms with Crippen molar-refractivity contribution in [2.75, 3.05) is 7.11 Å². The summed E-state index contributed by atoms with van der Waals surface area (Å²) in [6, 6.07) is 3.89. The summed E-state index contributed by atoms with van der Waals surface area (Å²) in [4.78, 5) is 11.4. The van der Waals surface area contributed by atoms with Crippen LogP contribution in [0.3, 0.4) is 0 Å². The molecule has 3 nitrogen and oxygen atoms in total. The first-order chi connectivity index (χ1) is 8.21. The predicted octanol–water partition coefficient (Wildman–Crippen LogP) is 3.49. The SMILES string of the molecule is COc1cc(C)c(C(C)(C)C(=O)O)cc1C(C)C. The number of hydrogen-bond donors (Lipinski definition) is 1. The summed E-state index contributed by atoms with van der Waals surface area (Å²) in [6.07, 6.45) is 0. The fourth-order valence-electron chi connectivity index (χ4n) is 2.11. The second-order valence-corrected chi connectivity index (χ2v) is 5.49. The molecule has 0 amide bonds. The zero-order valence-corrected chi connectivity index (χ0v) is 12.0. The van der Waals surface area contributed by atoms with Crippen molar-refractivity contribution < 1.29 is 14.6 Å². The molecule has 0 atom stereocenters. The molecule has 0 aliphatic heterocycles. The Hall–Kier alpha value is -1.51. The van der Waals surface area contributed by atoms with Crippen molar-refractivity contribution in [1.82, 2.24) is 0 Å². The topological polar surface area (TPSA) is 46.5 Å². The maximum Gasteiger partial charge on any atom is 0.313 e. The molecule has 0 fully saturated rings. The lowest BCUT2D eigenvalue weighted by Gasteiger charge is -2.25. The van der Waals surface area contributed by atoms with Crippen LogP contribution in [0.15, 0.2) is 12.1 Å². The Labute approximate surface area is 109 Å². The molecule has 0 heterocycles. The average Bonchev–Trinajstić information content (AvgIpc) is 2.27. The first-order valence-corrected chi connectivity index (χ1v) is 6.14. The van der Waals surface area contributed by atoms with Gasteiger partial charge in [-0.25, -0.2) is 0 Å². The van der Waals surface area contributed by atoms with Crippen LogP contribution in [-0.2, 0) is 10.2 Å². The van der Waals surface area contributed by atoms with Gasteiger partial charge in [0.25, 0.3) is 0 Å². The van der Waals surface area contributed by atoms with Crippen molar-refractivity contribution in [2.24, 2.45) is 0 Å². The second-order valence-electron chi connectivity index (χ2n) is 5.49. The fourth-order valence-corrected chi connectivity index (χ4v) is 2.11. The molecule has 1 rings (SSSR count). The van der Waals surface area contributed by atoms with E-state index in [1.165, 1.54) is 0 Å². The van der Waals surface area contributed by atoms with Crippen LogP contribution in [0, 0.1) is 6.92 Å². The minimum absolute atomic E-state index is 0.295. The number of benzene rings is 1. The van der Waals surface area contributed by atoms with E-state index in [0.29, 0.717) is 5.92 Å². The fraction of sp³-hybridized carbons (Fsp3) is 0.533. The maximum absolute atomic E-state index is 11.4. The molecular weight excluding hydrogens is 228 g/mol. The Kier molecular flexibility index (Phi) is 4.05. The molecule has 0 unspecified atom stereocenters. The van der Waals surface area contributed by atoms with Gasteiger partial charge in [0.15, 0.2) is 0 Å². The molecule has 0 bridgehead atoms. The summed E-state index contributed by atoms with van der Waals surface area (Å²) in [7, 11) is 1.64. The summed E-state index contributed by atoms with van der Waals surface area (Å²) in [5.74, 6) is 0.307. The summed E-state index contributed by atoms with van der Waals surface area (Å²) in [5.41, 5.74) is 1.95. The Bertz CT molecular complexity index is 459. The van der Waals surface area contributed by atoms with Crippen LogP contribution in [0.4, 0.5) is 0 Å². The van der Waals surface area contributed by atoms with Crippen molar-refractivity contribution in [3.05, 3.63) is 28.8 Å². The van der Waals surface area contributed by atoms with Crippen molar-refractivity contribution in [2.45, 2.75) is 46.0 Å². The van der Waals surface area contributed by atoms with Crippen LogP contribution in [0.1, 0.15) is 50.3 Å². The summed E-state index contributed by atoms with van der Waals surface area (Å²) in [5, 5.41) is 9.34. The molecule has 0 aromatic heterocycles. The highest BCUT2D eigenvalue weighted by Gasteiger charge is 2.32. The number of hydrogen-bond acceptors (Lipinski definition) is 2. The van der Waals surface area contributed by atoms with E-state index in [-0.39, 0.29) is 0 Å². The molecule has 1 aromatic rings. The van der Waals surface area contributed by atoms with Gasteiger partial charge in [-0.2, -0.15) is 0 Å². The third-order valence-corrected chi connectivity index (χ3v) is 3.41. The van der Waals surface area contributed by atoms with Gasteiger partial charge in [-0.3, -0.25) is 4.79 Å². The number of carbonyl (C=O) groups is 1. The minimum Gasteiger partial charge on any atom is -0.496 e. The van der Waals surface area contributed by atoms with Gasteiger partial charge in [0.1, 0.15) is 5.75 Å². The molecule has 0 saturated heterocycles. The summed E-state index contributed by atoms with van der Waals surface area (Å²) < 4.78 is 5.37. The second kappa shape index (κ2) is 5.01. The number of methoxy groups -OCH3 is 1. The number of aliphatic carboxylic acids is 1. The van der Waals surface area contributed by atoms with E-state index in [1.54, 1.807) is 21.0 Å². The standard InChI is InChI=1S/C15H22O3/c1-9(2)11-8-12(15(4,5)14(16)17)10(3)7-13(11)18-6/h7-9H,1-6H3,(H,16,17). The number of carboxylic acid groups (broad SMARTS) is 1. The van der Waals surface area contributed by atoms with Gasteiger partial charge in [0.05, 0.1) is 12.5 Å². The molecule has 1 aromatic carbocycles. The highest BCUT2D eigenvalue weighted by Crippen LogP contribution is 2.35. The van der Waals surface area contributed by atoms with Crippen molar-refractivity contribution >= 4 is 5.97 Å². The van der Waals surface area contributed by atoms with Gasteiger partial charge in [0.2, 0.25) is 0 Å². The zero-order valence-electron chi connectivity index (χ0n) is 12.0. The third kappa shape index (κ3) is 2.50. The lowest BCUT2D eigenvalue weighted by Crippen LogP contribution is -2.29. The smallest absolute Gasteiger partial charge is 0.313 e. The van der Waals surface area contributed by atoms with Gasteiger partial charge in [-0.1, -0.05) is 19.9 Å². The van der Waals surface area contributed by atoms with Crippen LogP contribution < -0.4 is 4.74 Å². The first-order valence-electron chi connectivity index (χ1n) is 6.14. The van der Waals surface area contributed by atoms with Crippen molar-refractivity contribution in [3.8, 4) is 5.75 Å². The van der Waals surface area contributed by atoms with Crippen LogP contribution in [0.5, 0.6) is 5.75 Å². The molecule has 100 valence electrons. The molecular formula is C15H22O3. The van der Waals surface area contributed by atoms with E-state index >= 15 is 0 Å². The predicted molar refractivity (Wildman–Crippen MR) is 72.5 cm³/mol. The van der Waals surface area contributed by atoms with Gasteiger partial charge < -0.3 is 9.84 Å². The molecule has 0 aliphatic rings. The number of carboxylic acids is 1. The summed E-state index contributed by atoms with van der Waals surface area (Å²) >= 11 is 0. The van der Waals surface area contributed by atoms with E-state index in [0.717, 1.165) is 22.4 Å². The van der Waals surface area contributed by atoms with E-state index < -0.39 is 11.4 Å². The average molecular weight is 250 g/mol. The van der Waals surface area contributed by atoms with Gasteiger partial charge in [0, 0.05) is 0 Å². The van der Waals surface area contributed by atoms with Crippen LogP contribution in [0.2, 0.25) is 0 Å². The van der Waals surface area contributed by atoms with Crippen molar-refractivity contribution in [3.63, 3.8) is 0 Å². The largest absolute Gasteiger partial charge is 0.496 e. The number of rotatable bonds is 4. The quantitative estimate of drug-likeness (QED) is 0.889. The Balaban J connectivity index is 3.48. The zero-order chi connectivity index (χ0) is 14.1. The van der Waals surface area contributed by atoms with Gasteiger partial charge in [-0.15, -0.1) is 0 Å². The monoisotopic (exact) mass is 250 g/mol. The number of aryl methyl sites for hydroxylation is 1. The molecule has 0 spiro atoms. The maximum atomic E-state index is 11.4. The Morgan fingerprint density at radius 1 is 1.33 bits per heavy atom. The molecule has 0 aliphatic carbocycles. The minimum atomic E-state index is -0.889. The normalized spacial score (nSPS) is 11.7. The van der Waals surface area contributed by atoms with Gasteiger partial charge >= 0.3 is 5.97 Å². The molecule has 0 radical (unpaired) electrons.